The summed E-state index contributed by atoms with van der Waals surface area (Å²) in [7, 11) is 1.43. The standard InChI is InChI=1S/C23H19Cl2F3N4O5/c1-30-19-18(20(34)31(22(30)35)7-2-8-33)32(12-13-3-5-14(24)6-4-13)21(29-19)36-16-9-15(25)10-17(11-16)37-23(26,27)28/h3-6,9-11,33H,2,7-8,12H2,1H3/p+1. The third-order valence-electron chi connectivity index (χ3n) is 5.30. The number of hydrogen-bond donors (Lipinski definition) is 0. The van der Waals surface area contributed by atoms with Crippen molar-refractivity contribution in [3.05, 3.63) is 78.9 Å². The molecule has 0 unspecified atom stereocenters. The summed E-state index contributed by atoms with van der Waals surface area (Å²) in [5.74, 6) is -0.751. The topological polar surface area (TPSA) is 103 Å². The molecule has 0 spiro atoms. The van der Waals surface area contributed by atoms with E-state index in [0.29, 0.717) is 10.6 Å². The van der Waals surface area contributed by atoms with Gasteiger partial charge in [0, 0.05) is 36.1 Å². The van der Waals surface area contributed by atoms with E-state index in [-0.39, 0.29) is 54.1 Å². The number of halogens is 5. The number of benzene rings is 2. The van der Waals surface area contributed by atoms with Gasteiger partial charge in [-0.3, -0.25) is 18.5 Å². The highest BCUT2D eigenvalue weighted by molar-refractivity contribution is 6.31. The molecule has 2 aromatic carbocycles. The molecule has 2 heterocycles. The number of alkyl halides is 3. The Balaban J connectivity index is 1.89. The van der Waals surface area contributed by atoms with Crippen LogP contribution in [0.1, 0.15) is 12.0 Å². The molecule has 0 saturated carbocycles. The molecule has 0 saturated heterocycles. The van der Waals surface area contributed by atoms with Gasteiger partial charge in [-0.1, -0.05) is 35.3 Å². The molecule has 196 valence electrons. The molecule has 0 radical (unpaired) electrons. The smallest absolute Gasteiger partial charge is 0.445 e. The van der Waals surface area contributed by atoms with E-state index in [1.165, 1.54) is 22.2 Å². The lowest BCUT2D eigenvalue weighted by atomic mass is 10.2. The number of imidazole rings is 1. The minimum absolute atomic E-state index is 0.00915. The molecule has 4 rings (SSSR count). The van der Waals surface area contributed by atoms with E-state index >= 15 is 0 Å². The van der Waals surface area contributed by atoms with Crippen LogP contribution in [0.25, 0.3) is 11.2 Å². The van der Waals surface area contributed by atoms with Gasteiger partial charge in [0.1, 0.15) is 18.1 Å². The average molecular weight is 560 g/mol. The Hall–Kier alpha value is -3.48. The molecule has 0 aliphatic rings. The van der Waals surface area contributed by atoms with Gasteiger partial charge in [-0.05, 0) is 29.8 Å². The van der Waals surface area contributed by atoms with Crippen LogP contribution < -0.4 is 20.7 Å². The van der Waals surface area contributed by atoms with Gasteiger partial charge in [0.2, 0.25) is 0 Å². The first-order valence-electron chi connectivity index (χ1n) is 10.8. The van der Waals surface area contributed by atoms with Crippen LogP contribution >= 0.6 is 23.2 Å². The van der Waals surface area contributed by atoms with Gasteiger partial charge in [0.15, 0.2) is 11.2 Å². The summed E-state index contributed by atoms with van der Waals surface area (Å²) in [5, 5.41) is 7.77. The summed E-state index contributed by atoms with van der Waals surface area (Å²) in [4.78, 5) is 30.5. The van der Waals surface area contributed by atoms with Crippen molar-refractivity contribution in [2.24, 2.45) is 7.05 Å². The fraction of sp³-hybridized carbons (Fsp3) is 0.261. The molecule has 2 N–H and O–H groups in total. The minimum atomic E-state index is -4.95. The van der Waals surface area contributed by atoms with Crippen LogP contribution in [0.5, 0.6) is 17.5 Å². The number of aromatic nitrogens is 4. The lowest BCUT2D eigenvalue weighted by Gasteiger charge is -2.13. The molecule has 0 bridgehead atoms. The normalized spacial score (nSPS) is 11.8. The molecular weight excluding hydrogens is 540 g/mol. The maximum Gasteiger partial charge on any atom is 0.573 e. The SMILES string of the molecule is Cn1c(=O)n(CCC[OH2+])c(=O)c2c1nc(Oc1cc(Cl)cc(OC(F)(F)F)c1)n2Cc1ccc(Cl)cc1. The van der Waals surface area contributed by atoms with Crippen molar-refractivity contribution in [2.45, 2.75) is 25.9 Å². The average Bonchev–Trinajstić information content (AvgIpc) is 3.15. The highest BCUT2D eigenvalue weighted by Gasteiger charge is 2.31. The molecule has 0 aliphatic carbocycles. The number of aryl methyl sites for hydroxylation is 1. The quantitative estimate of drug-likeness (QED) is 0.303. The van der Waals surface area contributed by atoms with E-state index in [2.05, 4.69) is 9.72 Å². The van der Waals surface area contributed by atoms with E-state index < -0.39 is 23.4 Å². The number of ether oxygens (including phenoxy) is 2. The van der Waals surface area contributed by atoms with E-state index in [0.717, 1.165) is 16.7 Å². The molecule has 14 heteroatoms. The lowest BCUT2D eigenvalue weighted by molar-refractivity contribution is -0.274. The van der Waals surface area contributed by atoms with E-state index in [1.807, 2.05) is 0 Å². The molecule has 0 atom stereocenters. The number of fused-ring (bicyclic) bond motifs is 1. The molecular formula is C23H20Cl2F3N4O5+. The Bertz CT molecular complexity index is 1560. The molecule has 9 nitrogen and oxygen atoms in total. The second-order valence-electron chi connectivity index (χ2n) is 7.95. The van der Waals surface area contributed by atoms with Crippen molar-refractivity contribution < 1.29 is 27.8 Å². The first-order chi connectivity index (χ1) is 17.5. The minimum Gasteiger partial charge on any atom is -0.445 e. The van der Waals surface area contributed by atoms with Crippen molar-refractivity contribution in [1.82, 2.24) is 18.7 Å². The van der Waals surface area contributed by atoms with Gasteiger partial charge in [-0.15, -0.1) is 13.2 Å². The van der Waals surface area contributed by atoms with Gasteiger partial charge >= 0.3 is 18.1 Å². The summed E-state index contributed by atoms with van der Waals surface area (Å²) >= 11 is 11.9. The zero-order valence-electron chi connectivity index (χ0n) is 19.2. The number of rotatable bonds is 8. The van der Waals surface area contributed by atoms with Crippen molar-refractivity contribution in [3.8, 4) is 17.5 Å². The van der Waals surface area contributed by atoms with Crippen molar-refractivity contribution in [3.63, 3.8) is 0 Å². The van der Waals surface area contributed by atoms with Crippen LogP contribution in [0.2, 0.25) is 10.0 Å². The van der Waals surface area contributed by atoms with Gasteiger partial charge in [-0.25, -0.2) is 4.79 Å². The summed E-state index contributed by atoms with van der Waals surface area (Å²) in [6, 6.07) is 9.75. The van der Waals surface area contributed by atoms with Gasteiger partial charge in [-0.2, -0.15) is 4.98 Å². The van der Waals surface area contributed by atoms with E-state index in [9.17, 15) is 22.8 Å². The molecule has 0 fully saturated rings. The Morgan fingerprint density at radius 2 is 1.68 bits per heavy atom. The number of nitrogens with zero attached hydrogens (tertiary/aromatic N) is 4. The fourth-order valence-corrected chi connectivity index (χ4v) is 4.02. The Kier molecular flexibility index (Phi) is 7.53. The lowest BCUT2D eigenvalue weighted by Crippen LogP contribution is -2.39. The second kappa shape index (κ2) is 10.5. The predicted molar refractivity (Wildman–Crippen MR) is 131 cm³/mol. The predicted octanol–water partition coefficient (Wildman–Crippen LogP) is 4.06. The second-order valence-corrected chi connectivity index (χ2v) is 8.83. The zero-order valence-corrected chi connectivity index (χ0v) is 20.7. The van der Waals surface area contributed by atoms with Crippen molar-refractivity contribution in [1.29, 1.82) is 0 Å². The van der Waals surface area contributed by atoms with Crippen LogP contribution in [0.15, 0.2) is 52.1 Å². The van der Waals surface area contributed by atoms with Crippen LogP contribution in [-0.4, -0.2) is 36.8 Å². The first-order valence-corrected chi connectivity index (χ1v) is 11.6. The monoisotopic (exact) mass is 559 g/mol. The summed E-state index contributed by atoms with van der Waals surface area (Å²) < 4.78 is 51.6. The van der Waals surface area contributed by atoms with Gasteiger partial charge < -0.3 is 14.6 Å². The Labute approximate surface area is 216 Å². The zero-order chi connectivity index (χ0) is 26.9. The largest absolute Gasteiger partial charge is 0.573 e. The molecule has 0 amide bonds. The molecule has 4 aromatic rings. The maximum absolute atomic E-state index is 13.4. The fourth-order valence-electron chi connectivity index (χ4n) is 3.68. The van der Waals surface area contributed by atoms with E-state index in [1.54, 1.807) is 24.3 Å². The summed E-state index contributed by atoms with van der Waals surface area (Å²) in [5.41, 5.74) is -0.528. The first kappa shape index (κ1) is 26.6. The van der Waals surface area contributed by atoms with Gasteiger partial charge in [0.05, 0.1) is 6.54 Å². The third-order valence-corrected chi connectivity index (χ3v) is 5.77. The molecule has 2 aromatic heterocycles. The number of hydrogen-bond acceptors (Lipinski definition) is 5. The summed E-state index contributed by atoms with van der Waals surface area (Å²) in [6.07, 6.45) is -4.67. The van der Waals surface area contributed by atoms with Crippen LogP contribution in [0.3, 0.4) is 0 Å². The summed E-state index contributed by atoms with van der Waals surface area (Å²) in [6.45, 7) is 0.101. The van der Waals surface area contributed by atoms with Crippen LogP contribution in [0, 0.1) is 0 Å². The Morgan fingerprint density at radius 1 is 1.00 bits per heavy atom. The van der Waals surface area contributed by atoms with Crippen molar-refractivity contribution in [2.75, 3.05) is 6.61 Å². The van der Waals surface area contributed by atoms with E-state index in [4.69, 9.17) is 33.0 Å². The van der Waals surface area contributed by atoms with Crippen LogP contribution in [0.4, 0.5) is 13.2 Å². The molecule has 0 aliphatic heterocycles. The van der Waals surface area contributed by atoms with Gasteiger partial charge in [0.25, 0.3) is 5.56 Å². The Morgan fingerprint density at radius 3 is 2.32 bits per heavy atom. The molecule has 37 heavy (non-hydrogen) atoms. The van der Waals surface area contributed by atoms with Crippen molar-refractivity contribution >= 4 is 34.4 Å². The highest BCUT2D eigenvalue weighted by atomic mass is 35.5. The van der Waals surface area contributed by atoms with Crippen LogP contribution in [-0.2, 0) is 20.1 Å². The highest BCUT2D eigenvalue weighted by Crippen LogP contribution is 2.33. The maximum atomic E-state index is 13.4. The third kappa shape index (κ3) is 5.92.